The first-order valence-electron chi connectivity index (χ1n) is 8.28. The van der Waals surface area contributed by atoms with Crippen molar-refractivity contribution < 1.29 is 35.5 Å². The lowest BCUT2D eigenvalue weighted by molar-refractivity contribution is -0.263. The van der Waals surface area contributed by atoms with E-state index in [1.54, 1.807) is 0 Å². The van der Waals surface area contributed by atoms with E-state index in [2.05, 4.69) is 5.32 Å². The highest BCUT2D eigenvalue weighted by Gasteiger charge is 2.59. The molecule has 3 aliphatic carbocycles. The lowest BCUT2D eigenvalue weighted by Gasteiger charge is -2.42. The number of alkyl halides is 4. The molecule has 3 aliphatic rings. The van der Waals surface area contributed by atoms with E-state index < -0.39 is 61.8 Å². The second-order valence-electron chi connectivity index (χ2n) is 6.91. The Balaban J connectivity index is 1.88. The zero-order valence-corrected chi connectivity index (χ0v) is 15.5. The number of hydrogen-bond donors (Lipinski definition) is 1. The Bertz CT molecular complexity index is 846. The molecule has 2 saturated carbocycles. The molecular weight excluding hydrogens is 414 g/mol. The van der Waals surface area contributed by atoms with Crippen molar-refractivity contribution in [2.45, 2.75) is 50.5 Å². The van der Waals surface area contributed by atoms with Crippen LogP contribution in [0.3, 0.4) is 0 Å². The number of ether oxygens (including phenoxy) is 1. The first-order valence-corrected chi connectivity index (χ1v) is 9.73. The van der Waals surface area contributed by atoms with Crippen molar-refractivity contribution in [3.05, 3.63) is 22.4 Å². The molecule has 0 radical (unpaired) electrons. The summed E-state index contributed by atoms with van der Waals surface area (Å²) in [6.07, 6.45) is -4.52. The Morgan fingerprint density at radius 2 is 1.96 bits per heavy atom. The second kappa shape index (κ2) is 7.12. The largest absolute Gasteiger partial charge is 0.490 e. The summed E-state index contributed by atoms with van der Waals surface area (Å²) in [6.45, 7) is -0.868. The fourth-order valence-electron chi connectivity index (χ4n) is 2.95. The van der Waals surface area contributed by atoms with Crippen molar-refractivity contribution in [1.29, 1.82) is 0 Å². The minimum atomic E-state index is -4.54. The van der Waals surface area contributed by atoms with Crippen LogP contribution in [-0.2, 0) is 19.8 Å². The summed E-state index contributed by atoms with van der Waals surface area (Å²) in [4.78, 5) is 11.1. The van der Waals surface area contributed by atoms with Gasteiger partial charge in [0.15, 0.2) is 16.8 Å². The summed E-state index contributed by atoms with van der Waals surface area (Å²) in [7, 11) is -3.18. The zero-order chi connectivity index (χ0) is 20.0. The van der Waals surface area contributed by atoms with Crippen molar-refractivity contribution in [1.82, 2.24) is 5.32 Å². The van der Waals surface area contributed by atoms with Gasteiger partial charge in [-0.05, 0) is 31.8 Å². The summed E-state index contributed by atoms with van der Waals surface area (Å²) in [5, 5.41) is 2.08. The van der Waals surface area contributed by atoms with Crippen LogP contribution < -0.4 is 5.32 Å². The number of rotatable bonds is 5. The number of carbonyl (C=O) groups is 1. The molecule has 1 amide bonds. The van der Waals surface area contributed by atoms with E-state index >= 15 is 0 Å². The van der Waals surface area contributed by atoms with Crippen LogP contribution in [0.5, 0.6) is 0 Å². The van der Waals surface area contributed by atoms with Crippen LogP contribution in [0, 0.1) is 5.41 Å². The summed E-state index contributed by atoms with van der Waals surface area (Å²) in [6, 6.07) is -0.0996. The molecule has 1 N–H and O–H groups in total. The van der Waals surface area contributed by atoms with Gasteiger partial charge in [-0.25, -0.2) is 4.39 Å². The van der Waals surface area contributed by atoms with E-state index in [4.69, 9.17) is 16.3 Å². The average molecular weight is 430 g/mol. The van der Waals surface area contributed by atoms with Crippen LogP contribution in [0.15, 0.2) is 22.4 Å². The molecule has 1 unspecified atom stereocenters. The molecule has 2 fully saturated rings. The molecule has 11 heteroatoms. The molecule has 150 valence electrons. The van der Waals surface area contributed by atoms with Crippen molar-refractivity contribution in [3.8, 4) is 0 Å². The molecule has 3 rings (SSSR count). The van der Waals surface area contributed by atoms with Gasteiger partial charge in [-0.3, -0.25) is 4.79 Å². The number of nitrogens with one attached hydrogen (secondary N) is 1. The maximum Gasteiger partial charge on any atom is 0.397 e. The predicted molar refractivity (Wildman–Crippen MR) is 89.2 cm³/mol. The molecule has 0 saturated heterocycles. The predicted octanol–water partition coefficient (Wildman–Crippen LogP) is 2.79. The van der Waals surface area contributed by atoms with Crippen LogP contribution in [-0.4, -0.2) is 44.2 Å². The zero-order valence-electron chi connectivity index (χ0n) is 13.9. The molecule has 0 heterocycles. The summed E-state index contributed by atoms with van der Waals surface area (Å²) < 4.78 is 82.5. The van der Waals surface area contributed by atoms with Crippen LogP contribution in [0.2, 0.25) is 0 Å². The van der Waals surface area contributed by atoms with E-state index in [0.717, 1.165) is 18.9 Å². The minimum absolute atomic E-state index is 0.0996. The number of carbonyl (C=O) groups excluding carboxylic acids is 1. The van der Waals surface area contributed by atoms with Gasteiger partial charge in [0.2, 0.25) is 10.3 Å². The maximum atomic E-state index is 14.7. The van der Waals surface area contributed by atoms with E-state index in [-0.39, 0.29) is 18.9 Å². The van der Waals surface area contributed by atoms with Gasteiger partial charge < -0.3 is 10.1 Å². The molecule has 0 aliphatic heterocycles. The quantitative estimate of drug-likeness (QED) is 0.539. The average Bonchev–Trinajstić information content (AvgIpc) is 3.30. The highest BCUT2D eigenvalue weighted by atomic mass is 35.5. The summed E-state index contributed by atoms with van der Waals surface area (Å²) in [5.41, 5.74) is -2.63. The molecule has 5 nitrogen and oxygen atoms in total. The molecule has 0 spiro atoms. The lowest BCUT2D eigenvalue weighted by atomic mass is 9.69. The third-order valence-electron chi connectivity index (χ3n) is 4.99. The van der Waals surface area contributed by atoms with E-state index in [9.17, 15) is 30.8 Å². The van der Waals surface area contributed by atoms with Gasteiger partial charge in [0.05, 0.1) is 16.0 Å². The Kier molecular flexibility index (Phi) is 5.33. The van der Waals surface area contributed by atoms with Gasteiger partial charge in [0.1, 0.15) is 6.61 Å². The summed E-state index contributed by atoms with van der Waals surface area (Å²) in [5.74, 6) is -1.49. The normalized spacial score (nSPS) is 24.9. The second-order valence-corrected chi connectivity index (χ2v) is 8.22. The van der Waals surface area contributed by atoms with E-state index in [1.807, 2.05) is 0 Å². The van der Waals surface area contributed by atoms with Crippen molar-refractivity contribution in [2.24, 2.45) is 5.41 Å². The molecule has 0 aromatic heterocycles. The first kappa shape index (κ1) is 20.2. The van der Waals surface area contributed by atoms with Crippen LogP contribution in [0.1, 0.15) is 32.1 Å². The summed E-state index contributed by atoms with van der Waals surface area (Å²) >= 11 is 5.94. The molecule has 0 bridgehead atoms. The van der Waals surface area contributed by atoms with Gasteiger partial charge in [-0.1, -0.05) is 18.0 Å². The van der Waals surface area contributed by atoms with E-state index in [1.165, 1.54) is 0 Å². The molecule has 1 atom stereocenters. The third kappa shape index (κ3) is 3.87. The molecule has 0 aromatic carbocycles. The van der Waals surface area contributed by atoms with Crippen molar-refractivity contribution in [2.75, 3.05) is 6.61 Å². The minimum Gasteiger partial charge on any atom is -0.490 e. The number of halogens is 5. The van der Waals surface area contributed by atoms with Crippen molar-refractivity contribution >= 4 is 32.7 Å². The number of amides is 1. The SMILES string of the molecule is O=C(NC1CC1)C1=CC(Cl)=C(OCC2(C(F)(F)F)CCC2)C(=S(=O)=O)C1F. The van der Waals surface area contributed by atoms with Crippen LogP contribution >= 0.6 is 11.6 Å². The van der Waals surface area contributed by atoms with Gasteiger partial charge in [-0.15, -0.1) is 0 Å². The molecule has 0 aromatic rings. The fraction of sp³-hybridized carbons (Fsp3) is 0.625. The van der Waals surface area contributed by atoms with Gasteiger partial charge >= 0.3 is 6.18 Å². The van der Waals surface area contributed by atoms with Crippen LogP contribution in [0.4, 0.5) is 17.6 Å². The topological polar surface area (TPSA) is 72.5 Å². The number of allylic oxidation sites excluding steroid dienone is 3. The van der Waals surface area contributed by atoms with Gasteiger partial charge in [-0.2, -0.15) is 21.6 Å². The monoisotopic (exact) mass is 429 g/mol. The Morgan fingerprint density at radius 1 is 1.33 bits per heavy atom. The molecule has 27 heavy (non-hydrogen) atoms. The highest BCUT2D eigenvalue weighted by molar-refractivity contribution is 7.73. The first-order chi connectivity index (χ1) is 12.6. The Morgan fingerprint density at radius 3 is 2.41 bits per heavy atom. The number of hydrogen-bond acceptors (Lipinski definition) is 4. The highest BCUT2D eigenvalue weighted by Crippen LogP contribution is 2.53. The van der Waals surface area contributed by atoms with Gasteiger partial charge in [0, 0.05) is 6.04 Å². The smallest absolute Gasteiger partial charge is 0.397 e. The Labute approximate surface area is 158 Å². The lowest BCUT2D eigenvalue weighted by Crippen LogP contribution is -2.48. The van der Waals surface area contributed by atoms with Crippen molar-refractivity contribution in [3.63, 3.8) is 0 Å². The molecular formula is C16H16ClF4NO4S. The van der Waals surface area contributed by atoms with E-state index in [0.29, 0.717) is 6.42 Å². The standard InChI is InChI=1S/C16H16ClF4NO4S/c17-10-6-9(14(23)22-8-2-3-8)11(18)13(27(24)25)12(10)26-7-15(4-1-5-15)16(19,20)21/h6,8,11H,1-5,7H2,(H,22,23). The van der Waals surface area contributed by atoms with Crippen LogP contribution in [0.25, 0.3) is 0 Å². The maximum absolute atomic E-state index is 14.7. The third-order valence-corrected chi connectivity index (χ3v) is 6.02. The Hall–Kier alpha value is -1.55. The van der Waals surface area contributed by atoms with Gasteiger partial charge in [0.25, 0.3) is 5.91 Å². The fourth-order valence-corrected chi connectivity index (χ4v) is 3.90.